The molecule has 2 amide bonds. The molecule has 0 aliphatic carbocycles. The van der Waals surface area contributed by atoms with E-state index < -0.39 is 0 Å². The number of para-hydroxylation sites is 2. The molecular formula is C23H27N3O. The van der Waals surface area contributed by atoms with E-state index >= 15 is 0 Å². The van der Waals surface area contributed by atoms with Crippen LogP contribution in [0, 0.1) is 0 Å². The average Bonchev–Trinajstić information content (AvgIpc) is 3.05. The molecule has 3 aromatic rings. The first-order valence-electron chi connectivity index (χ1n) is 9.84. The Morgan fingerprint density at radius 1 is 1.19 bits per heavy atom. The third-order valence-corrected chi connectivity index (χ3v) is 5.59. The molecule has 4 rings (SSSR count). The Morgan fingerprint density at radius 3 is 2.78 bits per heavy atom. The lowest BCUT2D eigenvalue weighted by Crippen LogP contribution is -2.39. The molecule has 140 valence electrons. The molecule has 0 atom stereocenters. The summed E-state index contributed by atoms with van der Waals surface area (Å²) in [6.45, 7) is 7.84. The number of carbonyl (C=O) groups excluding carboxylic acids is 1. The average molecular weight is 361 g/mol. The first-order chi connectivity index (χ1) is 13.1. The van der Waals surface area contributed by atoms with Crippen molar-refractivity contribution in [3.8, 4) is 0 Å². The number of nitrogens with zero attached hydrogens (tertiary/aromatic N) is 1. The number of hydrogen-bond acceptors (Lipinski definition) is 1. The van der Waals surface area contributed by atoms with Crippen LogP contribution in [0.25, 0.3) is 10.9 Å². The lowest BCUT2D eigenvalue weighted by molar-refractivity contribution is 0.206. The minimum absolute atomic E-state index is 0.0119. The van der Waals surface area contributed by atoms with Gasteiger partial charge in [0.2, 0.25) is 0 Å². The number of rotatable bonds is 3. The van der Waals surface area contributed by atoms with Gasteiger partial charge >= 0.3 is 6.03 Å². The summed E-state index contributed by atoms with van der Waals surface area (Å²) < 4.78 is 0. The van der Waals surface area contributed by atoms with E-state index in [2.05, 4.69) is 67.5 Å². The van der Waals surface area contributed by atoms with E-state index in [4.69, 9.17) is 0 Å². The summed E-state index contributed by atoms with van der Waals surface area (Å²) in [5.74, 6) is 0.369. The number of nitrogens with one attached hydrogen (secondary N) is 2. The van der Waals surface area contributed by atoms with Crippen LogP contribution in [0.2, 0.25) is 0 Å². The van der Waals surface area contributed by atoms with Crippen molar-refractivity contribution < 1.29 is 4.79 Å². The van der Waals surface area contributed by atoms with E-state index in [-0.39, 0.29) is 6.03 Å². The maximum absolute atomic E-state index is 13.0. The van der Waals surface area contributed by atoms with Crippen molar-refractivity contribution in [1.29, 1.82) is 0 Å². The van der Waals surface area contributed by atoms with Gasteiger partial charge < -0.3 is 15.2 Å². The predicted molar refractivity (Wildman–Crippen MR) is 111 cm³/mol. The summed E-state index contributed by atoms with van der Waals surface area (Å²) in [5, 5.41) is 4.50. The summed E-state index contributed by atoms with van der Waals surface area (Å²) in [7, 11) is 0. The molecule has 2 heterocycles. The van der Waals surface area contributed by atoms with E-state index in [1.807, 2.05) is 11.0 Å². The van der Waals surface area contributed by atoms with Crippen LogP contribution in [-0.4, -0.2) is 22.5 Å². The summed E-state index contributed by atoms with van der Waals surface area (Å²) >= 11 is 0. The molecule has 0 bridgehead atoms. The molecule has 2 N–H and O–H groups in total. The number of H-pyrrole nitrogens is 1. The highest BCUT2D eigenvalue weighted by Crippen LogP contribution is 2.30. The Hall–Kier alpha value is -2.75. The van der Waals surface area contributed by atoms with Gasteiger partial charge in [0, 0.05) is 28.8 Å². The van der Waals surface area contributed by atoms with Crippen LogP contribution in [0.4, 0.5) is 10.5 Å². The molecule has 0 fully saturated rings. The molecule has 0 saturated heterocycles. The number of amides is 2. The SMILES string of the molecule is CCc1cccc(C(C)C)c1NC(=O)N1CCc2c([nH]c3ccccc23)C1. The molecule has 1 aliphatic heterocycles. The van der Waals surface area contributed by atoms with E-state index in [9.17, 15) is 4.79 Å². The molecule has 0 spiro atoms. The maximum Gasteiger partial charge on any atom is 0.322 e. The minimum atomic E-state index is -0.0119. The van der Waals surface area contributed by atoms with E-state index in [1.165, 1.54) is 22.1 Å². The van der Waals surface area contributed by atoms with E-state index in [0.717, 1.165) is 36.3 Å². The number of fused-ring (bicyclic) bond motifs is 3. The second kappa shape index (κ2) is 7.10. The molecule has 0 unspecified atom stereocenters. The summed E-state index contributed by atoms with van der Waals surface area (Å²) in [6.07, 6.45) is 1.79. The number of carbonyl (C=O) groups is 1. The Labute approximate surface area is 160 Å². The fourth-order valence-electron chi connectivity index (χ4n) is 4.10. The zero-order valence-electron chi connectivity index (χ0n) is 16.3. The Morgan fingerprint density at radius 2 is 2.00 bits per heavy atom. The lowest BCUT2D eigenvalue weighted by atomic mass is 9.96. The highest BCUT2D eigenvalue weighted by atomic mass is 16.2. The van der Waals surface area contributed by atoms with Gasteiger partial charge in [-0.1, -0.05) is 57.2 Å². The minimum Gasteiger partial charge on any atom is -0.357 e. The molecule has 1 aromatic heterocycles. The number of hydrogen-bond donors (Lipinski definition) is 2. The van der Waals surface area contributed by atoms with Gasteiger partial charge in [-0.3, -0.25) is 0 Å². The van der Waals surface area contributed by atoms with Crippen LogP contribution in [0.15, 0.2) is 42.5 Å². The zero-order valence-corrected chi connectivity index (χ0v) is 16.3. The fourth-order valence-corrected chi connectivity index (χ4v) is 4.10. The van der Waals surface area contributed by atoms with Gasteiger partial charge in [0.15, 0.2) is 0 Å². The molecule has 2 aromatic carbocycles. The monoisotopic (exact) mass is 361 g/mol. The first-order valence-corrected chi connectivity index (χ1v) is 9.84. The van der Waals surface area contributed by atoms with Crippen LogP contribution in [0.1, 0.15) is 49.1 Å². The van der Waals surface area contributed by atoms with Crippen molar-refractivity contribution >= 4 is 22.6 Å². The summed E-state index contributed by atoms with van der Waals surface area (Å²) in [4.78, 5) is 18.4. The number of urea groups is 1. The largest absolute Gasteiger partial charge is 0.357 e. The third kappa shape index (κ3) is 3.20. The zero-order chi connectivity index (χ0) is 19.0. The summed E-state index contributed by atoms with van der Waals surface area (Å²) in [6, 6.07) is 14.7. The van der Waals surface area contributed by atoms with Crippen LogP contribution < -0.4 is 5.32 Å². The number of aryl methyl sites for hydroxylation is 1. The fraction of sp³-hybridized carbons (Fsp3) is 0.348. The Kier molecular flexibility index (Phi) is 4.65. The third-order valence-electron chi connectivity index (χ3n) is 5.59. The molecule has 4 nitrogen and oxygen atoms in total. The lowest BCUT2D eigenvalue weighted by Gasteiger charge is -2.28. The van der Waals surface area contributed by atoms with Crippen molar-refractivity contribution in [2.24, 2.45) is 0 Å². The highest BCUT2D eigenvalue weighted by molar-refractivity contribution is 5.92. The maximum atomic E-state index is 13.0. The molecule has 1 aliphatic rings. The summed E-state index contributed by atoms with van der Waals surface area (Å²) in [5.41, 5.74) is 7.05. The Bertz CT molecular complexity index is 986. The van der Waals surface area contributed by atoms with Crippen molar-refractivity contribution in [1.82, 2.24) is 9.88 Å². The van der Waals surface area contributed by atoms with Gasteiger partial charge in [-0.25, -0.2) is 4.79 Å². The van der Waals surface area contributed by atoms with Crippen LogP contribution in [0.3, 0.4) is 0 Å². The van der Waals surface area contributed by atoms with Crippen LogP contribution in [-0.2, 0) is 19.4 Å². The second-order valence-electron chi connectivity index (χ2n) is 7.62. The molecule has 0 saturated carbocycles. The van der Waals surface area contributed by atoms with E-state index in [1.54, 1.807) is 0 Å². The normalized spacial score (nSPS) is 13.9. The number of aromatic nitrogens is 1. The number of aromatic amines is 1. The number of benzene rings is 2. The van der Waals surface area contributed by atoms with Crippen LogP contribution >= 0.6 is 0 Å². The molecular weight excluding hydrogens is 334 g/mol. The van der Waals surface area contributed by atoms with Gasteiger partial charge in [0.05, 0.1) is 6.54 Å². The van der Waals surface area contributed by atoms with Gasteiger partial charge in [0.25, 0.3) is 0 Å². The predicted octanol–water partition coefficient (Wildman–Crippen LogP) is 5.44. The standard InChI is InChI=1S/C23H27N3O/c1-4-16-8-7-10-17(15(2)3)22(16)25-23(27)26-13-12-19-18-9-5-6-11-20(18)24-21(19)14-26/h5-11,15,24H,4,12-14H2,1-3H3,(H,25,27). The van der Waals surface area contributed by atoms with Gasteiger partial charge in [0.1, 0.15) is 0 Å². The first kappa shape index (κ1) is 17.7. The second-order valence-corrected chi connectivity index (χ2v) is 7.62. The van der Waals surface area contributed by atoms with Crippen LogP contribution in [0.5, 0.6) is 0 Å². The van der Waals surface area contributed by atoms with Crippen molar-refractivity contribution in [2.45, 2.75) is 46.1 Å². The quantitative estimate of drug-likeness (QED) is 0.641. The van der Waals surface area contributed by atoms with Gasteiger partial charge in [-0.05, 0) is 41.5 Å². The van der Waals surface area contributed by atoms with Gasteiger partial charge in [-0.2, -0.15) is 0 Å². The molecule has 0 radical (unpaired) electrons. The smallest absolute Gasteiger partial charge is 0.322 e. The van der Waals surface area contributed by atoms with E-state index in [0.29, 0.717) is 12.5 Å². The van der Waals surface area contributed by atoms with Crippen molar-refractivity contribution in [3.63, 3.8) is 0 Å². The molecule has 4 heteroatoms. The highest BCUT2D eigenvalue weighted by Gasteiger charge is 2.25. The molecule has 27 heavy (non-hydrogen) atoms. The topological polar surface area (TPSA) is 48.1 Å². The van der Waals surface area contributed by atoms with Gasteiger partial charge in [-0.15, -0.1) is 0 Å². The Balaban J connectivity index is 1.58. The number of anilines is 1. The van der Waals surface area contributed by atoms with Crippen molar-refractivity contribution in [2.75, 3.05) is 11.9 Å². The van der Waals surface area contributed by atoms with Crippen molar-refractivity contribution in [3.05, 3.63) is 64.8 Å².